The molecule has 2 aromatic rings. The van der Waals surface area contributed by atoms with E-state index in [1.807, 2.05) is 46.9 Å². The highest BCUT2D eigenvalue weighted by atomic mass is 127. The van der Waals surface area contributed by atoms with Gasteiger partial charge in [0.2, 0.25) is 0 Å². The van der Waals surface area contributed by atoms with Crippen LogP contribution < -0.4 is 0 Å². The molecule has 0 unspecified atom stereocenters. The van der Waals surface area contributed by atoms with Gasteiger partial charge in [-0.15, -0.1) is 0 Å². The molecule has 0 amide bonds. The molecule has 0 saturated carbocycles. The molecule has 0 saturated heterocycles. The summed E-state index contributed by atoms with van der Waals surface area (Å²) < 4.78 is 0.423. The number of aromatic nitrogens is 1. The molecule has 4 nitrogen and oxygen atoms in total. The van der Waals surface area contributed by atoms with Crippen LogP contribution in [0.4, 0.5) is 5.69 Å². The zero-order valence-electron chi connectivity index (χ0n) is 6.98. The largest absolute Gasteiger partial charge is 0.301 e. The van der Waals surface area contributed by atoms with Crippen molar-refractivity contribution in [2.24, 2.45) is 0 Å². The number of fused-ring (bicyclic) bond motifs is 1. The van der Waals surface area contributed by atoms with E-state index in [1.54, 1.807) is 6.07 Å². The van der Waals surface area contributed by atoms with Gasteiger partial charge in [-0.1, -0.05) is 18.2 Å². The summed E-state index contributed by atoms with van der Waals surface area (Å²) in [6.07, 6.45) is 0. The molecule has 5 heteroatoms. The van der Waals surface area contributed by atoms with E-state index in [0.29, 0.717) is 3.70 Å². The summed E-state index contributed by atoms with van der Waals surface area (Å²) in [6, 6.07) is 8.88. The van der Waals surface area contributed by atoms with Crippen LogP contribution in [-0.2, 0) is 0 Å². The van der Waals surface area contributed by atoms with Crippen molar-refractivity contribution < 1.29 is 4.92 Å². The maximum Gasteiger partial charge on any atom is 0.301 e. The Morgan fingerprint density at radius 1 is 1.36 bits per heavy atom. The molecule has 14 heavy (non-hydrogen) atoms. The van der Waals surface area contributed by atoms with Crippen LogP contribution in [0.25, 0.3) is 10.9 Å². The minimum atomic E-state index is -0.415. The van der Waals surface area contributed by atoms with Gasteiger partial charge in [0, 0.05) is 11.5 Å². The molecule has 1 heterocycles. The van der Waals surface area contributed by atoms with Crippen molar-refractivity contribution in [3.63, 3.8) is 0 Å². The van der Waals surface area contributed by atoms with Crippen molar-refractivity contribution in [2.45, 2.75) is 0 Å². The molecule has 1 aromatic carbocycles. The average Bonchev–Trinajstić information content (AvgIpc) is 2.16. The van der Waals surface area contributed by atoms with Crippen molar-refractivity contribution in [3.8, 4) is 0 Å². The number of para-hydroxylation sites is 1. The highest BCUT2D eigenvalue weighted by molar-refractivity contribution is 14.1. The van der Waals surface area contributed by atoms with Crippen LogP contribution in [0.5, 0.6) is 0 Å². The first-order valence-corrected chi connectivity index (χ1v) is 4.96. The number of rotatable bonds is 1. The quantitative estimate of drug-likeness (QED) is 0.352. The first-order chi connectivity index (χ1) is 6.68. The Kier molecular flexibility index (Phi) is 2.32. The van der Waals surface area contributed by atoms with E-state index >= 15 is 0 Å². The average molecular weight is 300 g/mol. The minimum Gasteiger partial charge on any atom is -0.258 e. The number of hydrogen-bond donors (Lipinski definition) is 0. The highest BCUT2D eigenvalue weighted by Gasteiger charge is 2.13. The topological polar surface area (TPSA) is 56.0 Å². The van der Waals surface area contributed by atoms with Gasteiger partial charge in [-0.25, -0.2) is 4.98 Å². The van der Waals surface area contributed by atoms with Crippen molar-refractivity contribution >= 4 is 39.2 Å². The Morgan fingerprint density at radius 2 is 2.07 bits per heavy atom. The Balaban J connectivity index is 2.77. The Morgan fingerprint density at radius 3 is 2.79 bits per heavy atom. The van der Waals surface area contributed by atoms with E-state index in [2.05, 4.69) is 4.98 Å². The molecular weight excluding hydrogens is 295 g/mol. The summed E-state index contributed by atoms with van der Waals surface area (Å²) in [5.74, 6) is 0. The molecule has 0 spiro atoms. The van der Waals surface area contributed by atoms with E-state index in [-0.39, 0.29) is 5.69 Å². The zero-order valence-corrected chi connectivity index (χ0v) is 9.13. The third kappa shape index (κ3) is 1.54. The maximum absolute atomic E-state index is 10.6. The number of nitro groups is 1. The Labute approximate surface area is 93.2 Å². The van der Waals surface area contributed by atoms with Gasteiger partial charge < -0.3 is 0 Å². The number of nitrogens with zero attached hydrogens (tertiary/aromatic N) is 2. The number of halogens is 1. The lowest BCUT2D eigenvalue weighted by atomic mass is 10.2. The number of hydrogen-bond acceptors (Lipinski definition) is 3. The van der Waals surface area contributed by atoms with Crippen LogP contribution in [0.2, 0.25) is 0 Å². The number of pyridine rings is 1. The smallest absolute Gasteiger partial charge is 0.258 e. The molecule has 70 valence electrons. The second-order valence-corrected chi connectivity index (χ2v) is 3.77. The Hall–Kier alpha value is -1.24. The van der Waals surface area contributed by atoms with Gasteiger partial charge in [-0.05, 0) is 28.7 Å². The molecule has 0 aliphatic carbocycles. The Bertz CT molecular complexity index is 513. The molecule has 0 aliphatic rings. The van der Waals surface area contributed by atoms with Crippen molar-refractivity contribution in [1.82, 2.24) is 4.98 Å². The molecule has 0 radical (unpaired) electrons. The van der Waals surface area contributed by atoms with Gasteiger partial charge in [-0.3, -0.25) is 10.1 Å². The summed E-state index contributed by atoms with van der Waals surface area (Å²) in [5, 5.41) is 11.4. The molecule has 1 aromatic heterocycles. The SMILES string of the molecule is O=[N+]([O-])c1cc2ccccc2nc1I. The van der Waals surface area contributed by atoms with Gasteiger partial charge in [0.05, 0.1) is 10.4 Å². The van der Waals surface area contributed by atoms with Gasteiger partial charge in [0.25, 0.3) is 0 Å². The maximum atomic E-state index is 10.6. The molecule has 0 fully saturated rings. The first-order valence-electron chi connectivity index (χ1n) is 3.88. The van der Waals surface area contributed by atoms with Crippen LogP contribution in [-0.4, -0.2) is 9.91 Å². The van der Waals surface area contributed by atoms with Crippen molar-refractivity contribution in [3.05, 3.63) is 44.1 Å². The fraction of sp³-hybridized carbons (Fsp3) is 0. The summed E-state index contributed by atoms with van der Waals surface area (Å²) in [7, 11) is 0. The highest BCUT2D eigenvalue weighted by Crippen LogP contribution is 2.23. The molecule has 0 N–H and O–H groups in total. The normalized spacial score (nSPS) is 10.4. The number of benzene rings is 1. The summed E-state index contributed by atoms with van der Waals surface area (Å²) in [4.78, 5) is 14.4. The standard InChI is InChI=1S/C9H5IN2O2/c10-9-8(12(13)14)5-6-3-1-2-4-7(6)11-9/h1-5H. The monoisotopic (exact) mass is 300 g/mol. The van der Waals surface area contributed by atoms with Crippen LogP contribution in [0.3, 0.4) is 0 Å². The van der Waals surface area contributed by atoms with Crippen LogP contribution in [0, 0.1) is 13.8 Å². The fourth-order valence-electron chi connectivity index (χ4n) is 1.21. The second kappa shape index (κ2) is 3.49. The third-order valence-corrected chi connectivity index (χ3v) is 2.65. The van der Waals surface area contributed by atoms with Crippen LogP contribution >= 0.6 is 22.6 Å². The summed E-state index contributed by atoms with van der Waals surface area (Å²) in [5.41, 5.74) is 0.840. The van der Waals surface area contributed by atoms with Crippen LogP contribution in [0.15, 0.2) is 30.3 Å². The summed E-state index contributed by atoms with van der Waals surface area (Å²) >= 11 is 1.87. The van der Waals surface area contributed by atoms with E-state index in [0.717, 1.165) is 10.9 Å². The van der Waals surface area contributed by atoms with Gasteiger partial charge in [0.15, 0.2) is 3.70 Å². The molecular formula is C9H5IN2O2. The van der Waals surface area contributed by atoms with E-state index in [4.69, 9.17) is 0 Å². The molecule has 0 atom stereocenters. The second-order valence-electron chi connectivity index (χ2n) is 2.75. The lowest BCUT2D eigenvalue weighted by Crippen LogP contribution is -1.94. The third-order valence-electron chi connectivity index (χ3n) is 1.86. The van der Waals surface area contributed by atoms with E-state index < -0.39 is 4.92 Å². The first kappa shape index (κ1) is 9.32. The van der Waals surface area contributed by atoms with Crippen LogP contribution in [0.1, 0.15) is 0 Å². The minimum absolute atomic E-state index is 0.0595. The van der Waals surface area contributed by atoms with E-state index in [9.17, 15) is 10.1 Å². The van der Waals surface area contributed by atoms with Crippen molar-refractivity contribution in [2.75, 3.05) is 0 Å². The molecule has 2 rings (SSSR count). The zero-order chi connectivity index (χ0) is 10.1. The van der Waals surface area contributed by atoms with E-state index in [1.165, 1.54) is 0 Å². The fourth-order valence-corrected chi connectivity index (χ4v) is 1.82. The van der Waals surface area contributed by atoms with Gasteiger partial charge in [-0.2, -0.15) is 0 Å². The predicted molar refractivity (Wildman–Crippen MR) is 61.1 cm³/mol. The van der Waals surface area contributed by atoms with Gasteiger partial charge in [0.1, 0.15) is 0 Å². The lowest BCUT2D eigenvalue weighted by Gasteiger charge is -1.98. The molecule has 0 bridgehead atoms. The molecule has 0 aliphatic heterocycles. The lowest BCUT2D eigenvalue weighted by molar-refractivity contribution is -0.386. The predicted octanol–water partition coefficient (Wildman–Crippen LogP) is 2.75. The van der Waals surface area contributed by atoms with Gasteiger partial charge >= 0.3 is 5.69 Å². The van der Waals surface area contributed by atoms with Crippen molar-refractivity contribution in [1.29, 1.82) is 0 Å². The summed E-state index contributed by atoms with van der Waals surface area (Å²) in [6.45, 7) is 0.